The smallest absolute Gasteiger partial charge is 0.307 e. The van der Waals surface area contributed by atoms with Crippen LogP contribution in [0.15, 0.2) is 0 Å². The highest BCUT2D eigenvalue weighted by Gasteiger charge is 2.20. The molecule has 1 unspecified atom stereocenters. The van der Waals surface area contributed by atoms with Gasteiger partial charge in [0.25, 0.3) is 0 Å². The third kappa shape index (κ3) is 2.81. The van der Waals surface area contributed by atoms with Gasteiger partial charge in [-0.15, -0.1) is 0 Å². The van der Waals surface area contributed by atoms with Crippen molar-refractivity contribution in [2.45, 2.75) is 39.4 Å². The summed E-state index contributed by atoms with van der Waals surface area (Å²) in [4.78, 5) is 10.9. The van der Waals surface area contributed by atoms with Crippen LogP contribution in [0.4, 0.5) is 0 Å². The van der Waals surface area contributed by atoms with Crippen LogP contribution in [0.3, 0.4) is 0 Å². The lowest BCUT2D eigenvalue weighted by atomic mass is 10.0. The van der Waals surface area contributed by atoms with Gasteiger partial charge in [0.1, 0.15) is 0 Å². The average molecular weight is 172 g/mol. The van der Waals surface area contributed by atoms with Crippen LogP contribution in [0.2, 0.25) is 0 Å². The van der Waals surface area contributed by atoms with E-state index in [-0.39, 0.29) is 12.3 Å². The fraction of sp³-hybridized carbons (Fsp3) is 0.889. The molecular weight excluding hydrogens is 156 g/mol. The molecule has 0 aromatic rings. The summed E-state index contributed by atoms with van der Waals surface area (Å²) in [7, 11) is 0. The molecule has 0 radical (unpaired) electrons. The van der Waals surface area contributed by atoms with E-state index in [2.05, 4.69) is 6.92 Å². The third-order valence-electron chi connectivity index (χ3n) is 2.01. The summed E-state index contributed by atoms with van der Waals surface area (Å²) in [6.07, 6.45) is 2.07. The van der Waals surface area contributed by atoms with Crippen LogP contribution in [0.25, 0.3) is 0 Å². The van der Waals surface area contributed by atoms with Crippen LogP contribution in [-0.2, 0) is 14.3 Å². The van der Waals surface area contributed by atoms with E-state index >= 15 is 0 Å². The Hall–Kier alpha value is -0.570. The fourth-order valence-electron chi connectivity index (χ4n) is 1.18. The lowest BCUT2D eigenvalue weighted by Crippen LogP contribution is -2.28. The van der Waals surface area contributed by atoms with Crippen LogP contribution in [-0.4, -0.2) is 18.9 Å². The molecule has 0 saturated carbocycles. The Morgan fingerprint density at radius 2 is 2.33 bits per heavy atom. The van der Waals surface area contributed by atoms with Crippen molar-refractivity contribution in [3.05, 3.63) is 0 Å². The van der Waals surface area contributed by atoms with Gasteiger partial charge in [-0.1, -0.05) is 13.8 Å². The van der Waals surface area contributed by atoms with Crippen LogP contribution >= 0.6 is 0 Å². The Morgan fingerprint density at radius 1 is 1.58 bits per heavy atom. The largest absolute Gasteiger partial charge is 0.436 e. The molecule has 70 valence electrons. The second kappa shape index (κ2) is 4.45. The number of carbonyl (C=O) groups excluding carboxylic acids is 1. The number of hydrogen-bond acceptors (Lipinski definition) is 3. The first kappa shape index (κ1) is 9.52. The van der Waals surface area contributed by atoms with Crippen molar-refractivity contribution < 1.29 is 14.3 Å². The third-order valence-corrected chi connectivity index (χ3v) is 2.01. The first-order valence-corrected chi connectivity index (χ1v) is 4.53. The molecule has 12 heavy (non-hydrogen) atoms. The standard InChI is InChI=1S/C9H16O3/c1-3-8(10)12-9-5-4-7(2)6-11-9/h7,9H,3-6H2,1-2H3/t7-,9?/m0/s1. The molecule has 0 aromatic heterocycles. The van der Waals surface area contributed by atoms with Crippen LogP contribution < -0.4 is 0 Å². The lowest BCUT2D eigenvalue weighted by Gasteiger charge is -2.26. The Labute approximate surface area is 73.0 Å². The summed E-state index contributed by atoms with van der Waals surface area (Å²) in [5.74, 6) is 0.427. The molecule has 1 fully saturated rings. The maximum atomic E-state index is 10.9. The maximum absolute atomic E-state index is 10.9. The molecule has 0 N–H and O–H groups in total. The van der Waals surface area contributed by atoms with Crippen molar-refractivity contribution in [3.63, 3.8) is 0 Å². The van der Waals surface area contributed by atoms with Gasteiger partial charge in [-0.25, -0.2) is 0 Å². The van der Waals surface area contributed by atoms with Gasteiger partial charge in [0.05, 0.1) is 6.61 Å². The summed E-state index contributed by atoms with van der Waals surface area (Å²) in [6, 6.07) is 0. The van der Waals surface area contributed by atoms with E-state index in [0.29, 0.717) is 18.9 Å². The van der Waals surface area contributed by atoms with Crippen LogP contribution in [0.1, 0.15) is 33.1 Å². The van der Waals surface area contributed by atoms with Crippen molar-refractivity contribution >= 4 is 5.97 Å². The van der Waals surface area contributed by atoms with Gasteiger partial charge >= 0.3 is 5.97 Å². The highest BCUT2D eigenvalue weighted by molar-refractivity contribution is 5.68. The Bertz CT molecular complexity index is 148. The van der Waals surface area contributed by atoms with Gasteiger partial charge in [-0.3, -0.25) is 4.79 Å². The van der Waals surface area contributed by atoms with Crippen LogP contribution in [0.5, 0.6) is 0 Å². The monoisotopic (exact) mass is 172 g/mol. The molecular formula is C9H16O3. The number of carbonyl (C=O) groups is 1. The molecule has 1 heterocycles. The minimum absolute atomic E-state index is 0.172. The van der Waals surface area contributed by atoms with E-state index in [0.717, 1.165) is 12.8 Å². The van der Waals surface area contributed by atoms with E-state index in [1.807, 2.05) is 0 Å². The van der Waals surface area contributed by atoms with E-state index < -0.39 is 0 Å². The number of hydrogen-bond donors (Lipinski definition) is 0. The highest BCUT2D eigenvalue weighted by atomic mass is 16.7. The molecule has 0 spiro atoms. The highest BCUT2D eigenvalue weighted by Crippen LogP contribution is 2.19. The number of rotatable bonds is 2. The summed E-state index contributed by atoms with van der Waals surface area (Å²) in [5.41, 5.74) is 0. The second-order valence-electron chi connectivity index (χ2n) is 3.29. The van der Waals surface area contributed by atoms with Crippen LogP contribution in [0, 0.1) is 5.92 Å². The van der Waals surface area contributed by atoms with Gasteiger partial charge < -0.3 is 9.47 Å². The molecule has 0 aromatic carbocycles. The summed E-state index contributed by atoms with van der Waals surface area (Å²) < 4.78 is 10.3. The van der Waals surface area contributed by atoms with Gasteiger partial charge in [-0.05, 0) is 12.3 Å². The minimum Gasteiger partial charge on any atom is -0.436 e. The molecule has 1 aliphatic heterocycles. The molecule has 3 nitrogen and oxygen atoms in total. The predicted molar refractivity (Wildman–Crippen MR) is 44.5 cm³/mol. The minimum atomic E-state index is -0.284. The molecule has 1 aliphatic rings. The zero-order valence-corrected chi connectivity index (χ0v) is 7.71. The van der Waals surface area contributed by atoms with E-state index in [4.69, 9.17) is 9.47 Å². The lowest BCUT2D eigenvalue weighted by molar-refractivity contribution is -0.191. The van der Waals surface area contributed by atoms with E-state index in [1.165, 1.54) is 0 Å². The van der Waals surface area contributed by atoms with Gasteiger partial charge in [-0.2, -0.15) is 0 Å². The molecule has 1 saturated heterocycles. The normalized spacial score (nSPS) is 29.8. The first-order chi connectivity index (χ1) is 5.72. The Balaban J connectivity index is 2.21. The second-order valence-corrected chi connectivity index (χ2v) is 3.29. The van der Waals surface area contributed by atoms with Crippen molar-refractivity contribution in [3.8, 4) is 0 Å². The zero-order valence-electron chi connectivity index (χ0n) is 7.71. The van der Waals surface area contributed by atoms with Gasteiger partial charge in [0.15, 0.2) is 0 Å². The maximum Gasteiger partial charge on any atom is 0.307 e. The van der Waals surface area contributed by atoms with E-state index in [1.54, 1.807) is 6.92 Å². The Kier molecular flexibility index (Phi) is 3.53. The molecule has 1 rings (SSSR count). The SMILES string of the molecule is CCC(=O)OC1CC[C@H](C)CO1. The summed E-state index contributed by atoms with van der Waals surface area (Å²) in [5, 5.41) is 0. The topological polar surface area (TPSA) is 35.5 Å². The zero-order chi connectivity index (χ0) is 8.97. The molecule has 3 heteroatoms. The predicted octanol–water partition coefficient (Wildman–Crippen LogP) is 1.71. The quantitative estimate of drug-likeness (QED) is 0.595. The summed E-state index contributed by atoms with van der Waals surface area (Å²) in [6.45, 7) is 4.63. The molecule has 2 atom stereocenters. The van der Waals surface area contributed by atoms with Crippen molar-refractivity contribution in [2.75, 3.05) is 6.61 Å². The van der Waals surface area contributed by atoms with Gasteiger partial charge in [0.2, 0.25) is 6.29 Å². The van der Waals surface area contributed by atoms with Gasteiger partial charge in [0, 0.05) is 12.8 Å². The molecule has 0 aliphatic carbocycles. The first-order valence-electron chi connectivity index (χ1n) is 4.53. The van der Waals surface area contributed by atoms with Crippen molar-refractivity contribution in [2.24, 2.45) is 5.92 Å². The Morgan fingerprint density at radius 3 is 2.83 bits per heavy atom. The summed E-state index contributed by atoms with van der Waals surface area (Å²) >= 11 is 0. The van der Waals surface area contributed by atoms with Crippen molar-refractivity contribution in [1.82, 2.24) is 0 Å². The number of esters is 1. The molecule has 0 bridgehead atoms. The fourth-order valence-corrected chi connectivity index (χ4v) is 1.18. The van der Waals surface area contributed by atoms with E-state index in [9.17, 15) is 4.79 Å². The average Bonchev–Trinajstić information content (AvgIpc) is 2.09. The van der Waals surface area contributed by atoms with Crippen molar-refractivity contribution in [1.29, 1.82) is 0 Å². The molecule has 0 amide bonds. The number of ether oxygens (including phenoxy) is 2.